The SMILES string of the molecule is Cc1ccc(SCC(=O)OCC(=O)NC(=O)NC2CCCCC2)c(C)c1. The summed E-state index contributed by atoms with van der Waals surface area (Å²) in [6, 6.07) is 5.59. The van der Waals surface area contributed by atoms with Gasteiger partial charge < -0.3 is 10.1 Å². The minimum Gasteiger partial charge on any atom is -0.455 e. The Kier molecular flexibility index (Phi) is 7.97. The number of imide groups is 1. The highest BCUT2D eigenvalue weighted by Gasteiger charge is 2.17. The zero-order valence-corrected chi connectivity index (χ0v) is 16.1. The third kappa shape index (κ3) is 7.07. The first kappa shape index (κ1) is 20.3. The second-order valence-electron chi connectivity index (χ2n) is 6.57. The van der Waals surface area contributed by atoms with Gasteiger partial charge >= 0.3 is 12.0 Å². The van der Waals surface area contributed by atoms with Crippen molar-refractivity contribution >= 4 is 29.7 Å². The number of aryl methyl sites for hydroxylation is 2. The van der Waals surface area contributed by atoms with E-state index in [9.17, 15) is 14.4 Å². The van der Waals surface area contributed by atoms with Crippen molar-refractivity contribution in [2.24, 2.45) is 0 Å². The molecule has 1 aromatic rings. The number of hydrogen-bond donors (Lipinski definition) is 2. The Hall–Kier alpha value is -2.02. The van der Waals surface area contributed by atoms with Gasteiger partial charge in [0, 0.05) is 10.9 Å². The molecule has 142 valence electrons. The van der Waals surface area contributed by atoms with Gasteiger partial charge in [-0.15, -0.1) is 11.8 Å². The van der Waals surface area contributed by atoms with Crippen molar-refractivity contribution in [3.05, 3.63) is 29.3 Å². The summed E-state index contributed by atoms with van der Waals surface area (Å²) in [7, 11) is 0. The molecular weight excluding hydrogens is 352 g/mol. The fraction of sp³-hybridized carbons (Fsp3) is 0.526. The van der Waals surface area contributed by atoms with Crippen molar-refractivity contribution in [3.8, 4) is 0 Å². The molecule has 7 heteroatoms. The van der Waals surface area contributed by atoms with Gasteiger partial charge in [0.25, 0.3) is 5.91 Å². The summed E-state index contributed by atoms with van der Waals surface area (Å²) in [5.41, 5.74) is 2.26. The number of amides is 3. The minimum absolute atomic E-state index is 0.117. The van der Waals surface area contributed by atoms with Gasteiger partial charge in [-0.2, -0.15) is 0 Å². The maximum Gasteiger partial charge on any atom is 0.321 e. The second kappa shape index (κ2) is 10.2. The van der Waals surface area contributed by atoms with E-state index in [1.165, 1.54) is 18.2 Å². The molecule has 0 radical (unpaired) electrons. The van der Waals surface area contributed by atoms with E-state index >= 15 is 0 Å². The quantitative estimate of drug-likeness (QED) is 0.587. The Balaban J connectivity index is 1.64. The van der Waals surface area contributed by atoms with E-state index in [2.05, 4.69) is 10.6 Å². The number of nitrogens with one attached hydrogen (secondary N) is 2. The highest BCUT2D eigenvalue weighted by Crippen LogP contribution is 2.23. The third-order valence-electron chi connectivity index (χ3n) is 4.23. The van der Waals surface area contributed by atoms with Crippen molar-refractivity contribution in [3.63, 3.8) is 0 Å². The van der Waals surface area contributed by atoms with E-state index in [1.807, 2.05) is 32.0 Å². The van der Waals surface area contributed by atoms with Gasteiger partial charge in [0.15, 0.2) is 6.61 Å². The lowest BCUT2D eigenvalue weighted by Gasteiger charge is -2.22. The molecule has 3 amide bonds. The summed E-state index contributed by atoms with van der Waals surface area (Å²) in [6.07, 6.45) is 5.25. The van der Waals surface area contributed by atoms with E-state index in [4.69, 9.17) is 4.74 Å². The molecule has 0 aromatic heterocycles. The van der Waals surface area contributed by atoms with Crippen LogP contribution >= 0.6 is 11.8 Å². The second-order valence-corrected chi connectivity index (χ2v) is 7.59. The molecule has 26 heavy (non-hydrogen) atoms. The summed E-state index contributed by atoms with van der Waals surface area (Å²) >= 11 is 1.37. The van der Waals surface area contributed by atoms with Gasteiger partial charge in [-0.25, -0.2) is 4.79 Å². The van der Waals surface area contributed by atoms with E-state index in [1.54, 1.807) is 0 Å². The molecule has 0 unspecified atom stereocenters. The Morgan fingerprint density at radius 3 is 2.58 bits per heavy atom. The number of esters is 1. The molecule has 1 aromatic carbocycles. The van der Waals surface area contributed by atoms with Crippen molar-refractivity contribution < 1.29 is 19.1 Å². The highest BCUT2D eigenvalue weighted by atomic mass is 32.2. The van der Waals surface area contributed by atoms with E-state index in [0.29, 0.717) is 0 Å². The predicted molar refractivity (Wildman–Crippen MR) is 101 cm³/mol. The van der Waals surface area contributed by atoms with Crippen molar-refractivity contribution in [2.45, 2.75) is 56.9 Å². The topological polar surface area (TPSA) is 84.5 Å². The maximum atomic E-state index is 11.8. The fourth-order valence-electron chi connectivity index (χ4n) is 2.92. The Morgan fingerprint density at radius 1 is 1.15 bits per heavy atom. The lowest BCUT2D eigenvalue weighted by molar-refractivity contribution is -0.145. The van der Waals surface area contributed by atoms with E-state index in [-0.39, 0.29) is 11.8 Å². The lowest BCUT2D eigenvalue weighted by atomic mass is 9.96. The molecule has 0 spiro atoms. The first-order chi connectivity index (χ1) is 12.4. The molecule has 0 heterocycles. The monoisotopic (exact) mass is 378 g/mol. The molecule has 0 saturated heterocycles. The molecule has 2 rings (SSSR count). The Bertz CT molecular complexity index is 657. The zero-order chi connectivity index (χ0) is 18.9. The number of carbonyl (C=O) groups excluding carboxylic acids is 3. The smallest absolute Gasteiger partial charge is 0.321 e. The first-order valence-corrected chi connectivity index (χ1v) is 9.88. The third-order valence-corrected chi connectivity index (χ3v) is 5.38. The summed E-state index contributed by atoms with van der Waals surface area (Å²) in [5.74, 6) is -0.994. The number of benzene rings is 1. The predicted octanol–water partition coefficient (Wildman–Crippen LogP) is 3.10. The molecule has 6 nitrogen and oxygen atoms in total. The van der Waals surface area contributed by atoms with Crippen LogP contribution in [0.5, 0.6) is 0 Å². The first-order valence-electron chi connectivity index (χ1n) is 8.90. The molecule has 2 N–H and O–H groups in total. The van der Waals surface area contributed by atoms with Crippen molar-refractivity contribution in [1.29, 1.82) is 0 Å². The van der Waals surface area contributed by atoms with Crippen LogP contribution in [0.2, 0.25) is 0 Å². The number of thioether (sulfide) groups is 1. The standard InChI is InChI=1S/C19H26N2O4S/c1-13-8-9-16(14(2)10-13)26-12-18(23)25-11-17(22)21-19(24)20-15-6-4-3-5-7-15/h8-10,15H,3-7,11-12H2,1-2H3,(H2,20,21,22,24). The van der Waals surface area contributed by atoms with Crippen LogP contribution in [-0.4, -0.2) is 36.3 Å². The van der Waals surface area contributed by atoms with Crippen molar-refractivity contribution in [2.75, 3.05) is 12.4 Å². The maximum absolute atomic E-state index is 11.8. The average Bonchev–Trinajstić information content (AvgIpc) is 2.60. The van der Waals surface area contributed by atoms with E-state index < -0.39 is 24.5 Å². The lowest BCUT2D eigenvalue weighted by Crippen LogP contribution is -2.46. The molecule has 1 aliphatic rings. The van der Waals surface area contributed by atoms with Crippen LogP contribution in [0.15, 0.2) is 23.1 Å². The van der Waals surface area contributed by atoms with Crippen LogP contribution in [0.4, 0.5) is 4.79 Å². The van der Waals surface area contributed by atoms with Crippen molar-refractivity contribution in [1.82, 2.24) is 10.6 Å². The van der Waals surface area contributed by atoms with Crippen LogP contribution in [0, 0.1) is 13.8 Å². The van der Waals surface area contributed by atoms with Gasteiger partial charge in [0.1, 0.15) is 0 Å². The van der Waals surface area contributed by atoms with Gasteiger partial charge in [-0.3, -0.25) is 14.9 Å². The molecule has 0 bridgehead atoms. The number of rotatable bonds is 6. The molecule has 1 fully saturated rings. The normalized spacial score (nSPS) is 14.5. The van der Waals surface area contributed by atoms with Gasteiger partial charge in [-0.1, -0.05) is 37.0 Å². The molecular formula is C19H26N2O4S. The number of hydrogen-bond acceptors (Lipinski definition) is 5. The molecule has 1 saturated carbocycles. The van der Waals surface area contributed by atoms with Crippen LogP contribution < -0.4 is 10.6 Å². The van der Waals surface area contributed by atoms with Crippen LogP contribution in [0.3, 0.4) is 0 Å². The van der Waals surface area contributed by atoms with Gasteiger partial charge in [-0.05, 0) is 38.3 Å². The van der Waals surface area contributed by atoms with Crippen LogP contribution in [-0.2, 0) is 14.3 Å². The minimum atomic E-state index is -0.622. The number of urea groups is 1. The largest absolute Gasteiger partial charge is 0.455 e. The Labute approximate surface area is 158 Å². The number of carbonyl (C=O) groups is 3. The van der Waals surface area contributed by atoms with Crippen LogP contribution in [0.25, 0.3) is 0 Å². The van der Waals surface area contributed by atoms with Gasteiger partial charge in [0.2, 0.25) is 0 Å². The molecule has 0 aliphatic heterocycles. The highest BCUT2D eigenvalue weighted by molar-refractivity contribution is 8.00. The summed E-state index contributed by atoms with van der Waals surface area (Å²) in [4.78, 5) is 36.2. The summed E-state index contributed by atoms with van der Waals surface area (Å²) in [5, 5.41) is 4.98. The average molecular weight is 378 g/mol. The Morgan fingerprint density at radius 2 is 1.88 bits per heavy atom. The summed E-state index contributed by atoms with van der Waals surface area (Å²) < 4.78 is 4.93. The zero-order valence-electron chi connectivity index (χ0n) is 15.3. The molecule has 1 aliphatic carbocycles. The van der Waals surface area contributed by atoms with Gasteiger partial charge in [0.05, 0.1) is 5.75 Å². The fourth-order valence-corrected chi connectivity index (χ4v) is 3.72. The van der Waals surface area contributed by atoms with Crippen LogP contribution in [0.1, 0.15) is 43.2 Å². The number of ether oxygens (including phenoxy) is 1. The van der Waals surface area contributed by atoms with E-state index in [0.717, 1.165) is 41.7 Å². The molecule has 0 atom stereocenters. The summed E-state index contributed by atoms with van der Waals surface area (Å²) in [6.45, 7) is 3.54.